The number of fused-ring (bicyclic) bond motifs is 1. The first-order valence-electron chi connectivity index (χ1n) is 10.5. The quantitative estimate of drug-likeness (QED) is 0.493. The molecule has 168 valence electrons. The summed E-state index contributed by atoms with van der Waals surface area (Å²) in [6, 6.07) is 0.0133. The summed E-state index contributed by atoms with van der Waals surface area (Å²) in [4.78, 5) is 46.9. The fraction of sp³-hybridized carbons (Fsp3) is 0.429. The van der Waals surface area contributed by atoms with Gasteiger partial charge in [-0.25, -0.2) is 0 Å². The van der Waals surface area contributed by atoms with Crippen LogP contribution in [0.1, 0.15) is 58.8 Å². The number of carbonyl (C=O) groups excluding carboxylic acids is 2. The first-order valence-corrected chi connectivity index (χ1v) is 10.5. The number of rotatable bonds is 7. The lowest BCUT2D eigenvalue weighted by atomic mass is 10.2. The highest BCUT2D eigenvalue weighted by Crippen LogP contribution is 2.24. The van der Waals surface area contributed by atoms with Crippen molar-refractivity contribution < 1.29 is 14.7 Å². The molecule has 0 aliphatic heterocycles. The Kier molecular flexibility index (Phi) is 5.64. The van der Waals surface area contributed by atoms with Crippen LogP contribution in [0.5, 0.6) is 5.88 Å². The summed E-state index contributed by atoms with van der Waals surface area (Å²) in [5.41, 5.74) is 0.400. The Morgan fingerprint density at radius 2 is 1.94 bits per heavy atom. The highest BCUT2D eigenvalue weighted by molar-refractivity contribution is 6.01. The lowest BCUT2D eigenvalue weighted by molar-refractivity contribution is 0.0940. The van der Waals surface area contributed by atoms with E-state index in [1.165, 1.54) is 10.8 Å². The molecule has 3 heterocycles. The average molecular weight is 439 g/mol. The van der Waals surface area contributed by atoms with E-state index in [1.54, 1.807) is 12.4 Å². The number of aromatic hydroxyl groups is 1. The van der Waals surface area contributed by atoms with Crippen molar-refractivity contribution in [2.45, 2.75) is 52.7 Å². The van der Waals surface area contributed by atoms with Crippen molar-refractivity contribution in [1.29, 1.82) is 0 Å². The molecule has 0 bridgehead atoms. The minimum absolute atomic E-state index is 0.0133. The third-order valence-corrected chi connectivity index (χ3v) is 5.08. The van der Waals surface area contributed by atoms with Crippen molar-refractivity contribution in [2.75, 3.05) is 0 Å². The van der Waals surface area contributed by atoms with E-state index in [4.69, 9.17) is 0 Å². The van der Waals surface area contributed by atoms with Crippen LogP contribution in [0.4, 0.5) is 0 Å². The second-order valence-corrected chi connectivity index (χ2v) is 8.38. The van der Waals surface area contributed by atoms with Gasteiger partial charge in [0.2, 0.25) is 5.88 Å². The molecule has 0 atom stereocenters. The zero-order chi connectivity index (χ0) is 23.0. The Hall–Kier alpha value is -3.76. The third kappa shape index (κ3) is 4.18. The molecular weight excluding hydrogens is 414 g/mol. The van der Waals surface area contributed by atoms with Crippen LogP contribution in [0.2, 0.25) is 0 Å². The van der Waals surface area contributed by atoms with Gasteiger partial charge in [0.05, 0.1) is 30.3 Å². The number of aryl methyl sites for hydroxylation is 1. The minimum atomic E-state index is -0.779. The molecule has 0 unspecified atom stereocenters. The Morgan fingerprint density at radius 1 is 1.19 bits per heavy atom. The zero-order valence-electron chi connectivity index (χ0n) is 18.1. The van der Waals surface area contributed by atoms with Crippen LogP contribution in [0, 0.1) is 12.8 Å². The molecule has 3 N–H and O–H groups in total. The Labute approximate surface area is 183 Å². The predicted octanol–water partition coefficient (Wildman–Crippen LogP) is 0.778. The van der Waals surface area contributed by atoms with E-state index in [2.05, 4.69) is 25.7 Å². The van der Waals surface area contributed by atoms with Crippen molar-refractivity contribution >= 4 is 17.5 Å². The van der Waals surface area contributed by atoms with Crippen molar-refractivity contribution in [3.8, 4) is 5.88 Å². The number of nitrogens with zero attached hydrogens (tertiary/aromatic N) is 5. The van der Waals surface area contributed by atoms with E-state index in [0.717, 1.165) is 23.1 Å². The lowest BCUT2D eigenvalue weighted by Crippen LogP contribution is -2.35. The second-order valence-electron chi connectivity index (χ2n) is 8.38. The monoisotopic (exact) mass is 439 g/mol. The number of carbonyl (C=O) groups is 2. The highest BCUT2D eigenvalue weighted by atomic mass is 16.3. The van der Waals surface area contributed by atoms with Crippen LogP contribution < -0.4 is 16.2 Å². The first kappa shape index (κ1) is 21.5. The Balaban J connectivity index is 1.73. The predicted molar refractivity (Wildman–Crippen MR) is 114 cm³/mol. The van der Waals surface area contributed by atoms with Gasteiger partial charge in [0.25, 0.3) is 17.4 Å². The molecule has 0 radical (unpaired) electrons. The summed E-state index contributed by atoms with van der Waals surface area (Å²) < 4.78 is 2.38. The summed E-state index contributed by atoms with van der Waals surface area (Å²) >= 11 is 0. The van der Waals surface area contributed by atoms with Crippen LogP contribution in [0.3, 0.4) is 0 Å². The molecule has 1 saturated carbocycles. The smallest absolute Gasteiger partial charge is 0.291 e. The van der Waals surface area contributed by atoms with Gasteiger partial charge in [-0.3, -0.25) is 28.9 Å². The Bertz CT molecular complexity index is 1240. The number of amides is 2. The highest BCUT2D eigenvalue weighted by Gasteiger charge is 2.30. The van der Waals surface area contributed by atoms with E-state index < -0.39 is 23.3 Å². The van der Waals surface area contributed by atoms with Crippen molar-refractivity contribution in [3.05, 3.63) is 51.5 Å². The summed E-state index contributed by atoms with van der Waals surface area (Å²) in [5.74, 6) is -1.56. The van der Waals surface area contributed by atoms with E-state index in [0.29, 0.717) is 5.69 Å². The largest absolute Gasteiger partial charge is 0.494 e. The average Bonchev–Trinajstić information content (AvgIpc) is 3.44. The molecule has 4 rings (SSSR count). The van der Waals surface area contributed by atoms with Crippen molar-refractivity contribution in [3.63, 3.8) is 0 Å². The maximum Gasteiger partial charge on any atom is 0.291 e. The van der Waals surface area contributed by atoms with Gasteiger partial charge >= 0.3 is 0 Å². The van der Waals surface area contributed by atoms with Gasteiger partial charge in [-0.05, 0) is 25.7 Å². The van der Waals surface area contributed by atoms with Gasteiger partial charge in [0, 0.05) is 18.8 Å². The van der Waals surface area contributed by atoms with Gasteiger partial charge in [-0.1, -0.05) is 13.8 Å². The van der Waals surface area contributed by atoms with Crippen LogP contribution in [0.15, 0.2) is 23.4 Å². The molecule has 1 fully saturated rings. The number of hydrogen-bond acceptors (Lipinski definition) is 7. The van der Waals surface area contributed by atoms with Crippen LogP contribution >= 0.6 is 0 Å². The van der Waals surface area contributed by atoms with Gasteiger partial charge in [-0.15, -0.1) is 0 Å². The van der Waals surface area contributed by atoms with Crippen LogP contribution in [-0.4, -0.2) is 47.1 Å². The fourth-order valence-electron chi connectivity index (χ4n) is 3.35. The topological polar surface area (TPSA) is 144 Å². The molecule has 0 saturated heterocycles. The molecule has 3 aromatic rings. The van der Waals surface area contributed by atoms with E-state index in [-0.39, 0.29) is 41.8 Å². The van der Waals surface area contributed by atoms with Gasteiger partial charge in [-0.2, -0.15) is 9.61 Å². The van der Waals surface area contributed by atoms with Crippen molar-refractivity contribution in [1.82, 2.24) is 34.8 Å². The molecule has 11 heteroatoms. The SMILES string of the molecule is Cc1cnc(CNC(=O)c2cnn3c(=O)c(C(=O)NC4CC4)c(O)n(CC(C)C)c23)cn1. The molecule has 2 amide bonds. The molecule has 0 spiro atoms. The molecular formula is C21H25N7O4. The number of hydrogen-bond donors (Lipinski definition) is 3. The first-order chi connectivity index (χ1) is 15.3. The molecule has 1 aliphatic carbocycles. The summed E-state index contributed by atoms with van der Waals surface area (Å²) in [7, 11) is 0. The maximum absolute atomic E-state index is 13.0. The minimum Gasteiger partial charge on any atom is -0.494 e. The molecule has 1 aliphatic rings. The lowest BCUT2D eigenvalue weighted by Gasteiger charge is -2.17. The zero-order valence-corrected chi connectivity index (χ0v) is 18.1. The van der Waals surface area contributed by atoms with Crippen LogP contribution in [-0.2, 0) is 13.1 Å². The fourth-order valence-corrected chi connectivity index (χ4v) is 3.35. The standard InChI is InChI=1S/C21H25N7O4/c1-11(2)10-27-19-15(17(29)24-8-14-7-22-12(3)6-23-14)9-25-28(19)21(32)16(20(27)31)18(30)26-13-4-5-13/h6-7,9,11,13,31H,4-5,8,10H2,1-3H3,(H,24,29)(H,26,30). The van der Waals surface area contributed by atoms with E-state index >= 15 is 0 Å². The number of aromatic nitrogens is 5. The summed E-state index contributed by atoms with van der Waals surface area (Å²) in [6.45, 7) is 6.06. The van der Waals surface area contributed by atoms with Crippen molar-refractivity contribution in [2.24, 2.45) is 5.92 Å². The third-order valence-electron chi connectivity index (χ3n) is 5.08. The summed E-state index contributed by atoms with van der Waals surface area (Å²) in [6.07, 6.45) is 6.10. The molecule has 11 nitrogen and oxygen atoms in total. The normalized spacial score (nSPS) is 13.5. The van der Waals surface area contributed by atoms with E-state index in [9.17, 15) is 19.5 Å². The van der Waals surface area contributed by atoms with Gasteiger partial charge in [0.15, 0.2) is 11.2 Å². The second kappa shape index (κ2) is 8.40. The van der Waals surface area contributed by atoms with Crippen LogP contribution in [0.25, 0.3) is 5.65 Å². The van der Waals surface area contributed by atoms with Gasteiger partial charge in [0.1, 0.15) is 5.56 Å². The van der Waals surface area contributed by atoms with Gasteiger partial charge < -0.3 is 15.7 Å². The van der Waals surface area contributed by atoms with E-state index in [1.807, 2.05) is 20.8 Å². The molecule has 32 heavy (non-hydrogen) atoms. The molecule has 0 aromatic carbocycles. The molecule has 3 aromatic heterocycles. The summed E-state index contributed by atoms with van der Waals surface area (Å²) in [5, 5.41) is 20.4. The maximum atomic E-state index is 13.0. The Morgan fingerprint density at radius 3 is 2.56 bits per heavy atom. The number of nitrogens with one attached hydrogen (secondary N) is 2.